The Bertz CT molecular complexity index is 1540. The van der Waals surface area contributed by atoms with Gasteiger partial charge >= 0.3 is 5.97 Å². The second-order valence-electron chi connectivity index (χ2n) is 8.89. The first-order valence-electron chi connectivity index (χ1n) is 12.2. The van der Waals surface area contributed by atoms with Crippen LogP contribution in [0, 0.1) is 11.2 Å². The van der Waals surface area contributed by atoms with Crippen molar-refractivity contribution in [2.75, 3.05) is 23.1 Å². The summed E-state index contributed by atoms with van der Waals surface area (Å²) < 4.78 is 23.6. The van der Waals surface area contributed by atoms with Crippen molar-refractivity contribution in [2.45, 2.75) is 12.8 Å². The zero-order valence-corrected chi connectivity index (χ0v) is 21.2. The van der Waals surface area contributed by atoms with E-state index in [1.54, 1.807) is 42.5 Å². The fourth-order valence-electron chi connectivity index (χ4n) is 3.72. The molecule has 2 heterocycles. The SMILES string of the molecule is COC(=O)c1ccc(Nc2nccc(Oc3ccc(NC(=O)C4(C(=O)Nc5ccc(F)cc5)CC4)cc3)n2)nc1. The Balaban J connectivity index is 1.17. The number of esters is 1. The van der Waals surface area contributed by atoms with Gasteiger partial charge in [-0.15, -0.1) is 0 Å². The molecule has 2 aromatic heterocycles. The predicted molar refractivity (Wildman–Crippen MR) is 143 cm³/mol. The number of nitrogens with zero attached hydrogens (tertiary/aromatic N) is 3. The summed E-state index contributed by atoms with van der Waals surface area (Å²) in [4.78, 5) is 49.8. The molecule has 0 spiro atoms. The summed E-state index contributed by atoms with van der Waals surface area (Å²) in [5, 5.41) is 8.38. The number of anilines is 4. The minimum Gasteiger partial charge on any atom is -0.465 e. The highest BCUT2D eigenvalue weighted by Crippen LogP contribution is 2.47. The van der Waals surface area contributed by atoms with Gasteiger partial charge in [0.1, 0.15) is 22.8 Å². The maximum Gasteiger partial charge on any atom is 0.339 e. The van der Waals surface area contributed by atoms with Crippen molar-refractivity contribution in [3.63, 3.8) is 0 Å². The maximum absolute atomic E-state index is 13.1. The van der Waals surface area contributed by atoms with E-state index in [0.717, 1.165) is 0 Å². The lowest BCUT2D eigenvalue weighted by Crippen LogP contribution is -2.35. The standard InChI is InChI=1S/C28H23FN6O5/c1-39-24(36)17-2-11-22(31-16-17)34-27-30-15-12-23(35-27)40-21-9-7-20(8-10-21)33-26(38)28(13-14-28)25(37)32-19-5-3-18(29)4-6-19/h2-12,15-16H,13-14H2,1H3,(H,32,37)(H,33,38)(H,30,31,34,35). The molecule has 3 N–H and O–H groups in total. The van der Waals surface area contributed by atoms with Crippen LogP contribution in [0.25, 0.3) is 0 Å². The van der Waals surface area contributed by atoms with Gasteiger partial charge in [-0.3, -0.25) is 9.59 Å². The number of methoxy groups -OCH3 is 1. The van der Waals surface area contributed by atoms with Crippen LogP contribution in [0.5, 0.6) is 11.6 Å². The van der Waals surface area contributed by atoms with E-state index in [-0.39, 0.29) is 11.8 Å². The summed E-state index contributed by atoms with van der Waals surface area (Å²) in [6.45, 7) is 0. The van der Waals surface area contributed by atoms with Crippen molar-refractivity contribution >= 4 is 40.9 Å². The molecule has 0 atom stereocenters. The molecular weight excluding hydrogens is 519 g/mol. The minimum atomic E-state index is -1.16. The van der Waals surface area contributed by atoms with E-state index < -0.39 is 29.0 Å². The molecule has 1 aliphatic rings. The van der Waals surface area contributed by atoms with E-state index in [2.05, 4.69) is 35.6 Å². The highest BCUT2D eigenvalue weighted by molar-refractivity contribution is 6.16. The molecule has 1 saturated carbocycles. The lowest BCUT2D eigenvalue weighted by Gasteiger charge is -2.16. The lowest BCUT2D eigenvalue weighted by atomic mass is 10.0. The molecule has 0 aliphatic heterocycles. The van der Waals surface area contributed by atoms with Crippen molar-refractivity contribution < 1.29 is 28.2 Å². The zero-order valence-electron chi connectivity index (χ0n) is 21.2. The Kier molecular flexibility index (Phi) is 7.31. The van der Waals surface area contributed by atoms with Crippen molar-refractivity contribution in [3.05, 3.63) is 90.5 Å². The number of amides is 2. The Morgan fingerprint density at radius 2 is 1.50 bits per heavy atom. The molecule has 1 fully saturated rings. The summed E-state index contributed by atoms with van der Waals surface area (Å²) in [6, 6.07) is 16.7. The third-order valence-corrected chi connectivity index (χ3v) is 6.11. The normalized spacial score (nSPS) is 13.1. The first-order valence-corrected chi connectivity index (χ1v) is 12.2. The van der Waals surface area contributed by atoms with Crippen molar-refractivity contribution in [3.8, 4) is 11.6 Å². The van der Waals surface area contributed by atoms with E-state index in [1.807, 2.05) is 0 Å². The number of rotatable bonds is 9. The molecule has 1 aliphatic carbocycles. The van der Waals surface area contributed by atoms with Gasteiger partial charge in [-0.25, -0.2) is 19.2 Å². The van der Waals surface area contributed by atoms with E-state index in [0.29, 0.717) is 41.3 Å². The van der Waals surface area contributed by atoms with Gasteiger partial charge in [0.2, 0.25) is 23.6 Å². The Morgan fingerprint density at radius 3 is 2.08 bits per heavy atom. The highest BCUT2D eigenvalue weighted by atomic mass is 19.1. The number of ether oxygens (including phenoxy) is 2. The Hall–Kier alpha value is -5.39. The smallest absolute Gasteiger partial charge is 0.339 e. The van der Waals surface area contributed by atoms with Crippen LogP contribution in [0.1, 0.15) is 23.2 Å². The van der Waals surface area contributed by atoms with E-state index >= 15 is 0 Å². The topological polar surface area (TPSA) is 144 Å². The zero-order chi connectivity index (χ0) is 28.1. The second kappa shape index (κ2) is 11.2. The second-order valence-corrected chi connectivity index (χ2v) is 8.89. The van der Waals surface area contributed by atoms with Gasteiger partial charge in [0, 0.05) is 29.8 Å². The highest BCUT2D eigenvalue weighted by Gasteiger charge is 2.56. The van der Waals surface area contributed by atoms with Gasteiger partial charge < -0.3 is 25.4 Å². The molecule has 0 saturated heterocycles. The van der Waals surface area contributed by atoms with Crippen molar-refractivity contribution in [1.29, 1.82) is 0 Å². The van der Waals surface area contributed by atoms with Gasteiger partial charge in [-0.1, -0.05) is 0 Å². The molecule has 11 nitrogen and oxygen atoms in total. The molecule has 2 aromatic carbocycles. The number of hydrogen-bond acceptors (Lipinski definition) is 9. The van der Waals surface area contributed by atoms with Gasteiger partial charge in [0.05, 0.1) is 12.7 Å². The maximum atomic E-state index is 13.1. The van der Waals surface area contributed by atoms with Crippen LogP contribution in [0.2, 0.25) is 0 Å². The predicted octanol–water partition coefficient (Wildman–Crippen LogP) is 4.69. The first-order chi connectivity index (χ1) is 19.3. The molecule has 202 valence electrons. The molecule has 4 aromatic rings. The van der Waals surface area contributed by atoms with E-state index in [4.69, 9.17) is 4.74 Å². The summed E-state index contributed by atoms with van der Waals surface area (Å²) >= 11 is 0. The van der Waals surface area contributed by atoms with Crippen LogP contribution in [0.3, 0.4) is 0 Å². The molecule has 2 amide bonds. The summed E-state index contributed by atoms with van der Waals surface area (Å²) in [5.41, 5.74) is 0.0568. The monoisotopic (exact) mass is 542 g/mol. The quantitative estimate of drug-likeness (QED) is 0.203. The van der Waals surface area contributed by atoms with Gasteiger partial charge in [0.15, 0.2) is 0 Å². The van der Waals surface area contributed by atoms with Gasteiger partial charge in [-0.2, -0.15) is 4.98 Å². The van der Waals surface area contributed by atoms with E-state index in [1.165, 1.54) is 43.8 Å². The number of carbonyl (C=O) groups is 3. The molecule has 5 rings (SSSR count). The van der Waals surface area contributed by atoms with Gasteiger partial charge in [-0.05, 0) is 73.5 Å². The Morgan fingerprint density at radius 1 is 0.850 bits per heavy atom. The third-order valence-electron chi connectivity index (χ3n) is 6.11. The third kappa shape index (κ3) is 6.01. The van der Waals surface area contributed by atoms with Crippen LogP contribution in [0.15, 0.2) is 79.1 Å². The largest absolute Gasteiger partial charge is 0.465 e. The molecule has 0 bridgehead atoms. The lowest BCUT2D eigenvalue weighted by molar-refractivity contribution is -0.131. The molecular formula is C28H23FN6O5. The number of pyridine rings is 1. The number of nitrogens with one attached hydrogen (secondary N) is 3. The number of aromatic nitrogens is 3. The van der Waals surface area contributed by atoms with Crippen LogP contribution in [0.4, 0.5) is 27.5 Å². The summed E-state index contributed by atoms with van der Waals surface area (Å²) in [5.74, 6) is -0.385. The minimum absolute atomic E-state index is 0.230. The molecule has 0 unspecified atom stereocenters. The summed E-state index contributed by atoms with van der Waals surface area (Å²) in [7, 11) is 1.29. The van der Waals surface area contributed by atoms with Crippen molar-refractivity contribution in [2.24, 2.45) is 5.41 Å². The first kappa shape index (κ1) is 26.2. The number of carbonyl (C=O) groups excluding carboxylic acids is 3. The Labute approximate surface area is 227 Å². The van der Waals surface area contributed by atoms with Crippen LogP contribution >= 0.6 is 0 Å². The molecule has 0 radical (unpaired) electrons. The molecule has 40 heavy (non-hydrogen) atoms. The number of benzene rings is 2. The van der Waals surface area contributed by atoms with Crippen LogP contribution in [-0.4, -0.2) is 39.8 Å². The van der Waals surface area contributed by atoms with Crippen LogP contribution < -0.4 is 20.7 Å². The fourth-order valence-corrected chi connectivity index (χ4v) is 3.72. The summed E-state index contributed by atoms with van der Waals surface area (Å²) in [6.07, 6.45) is 3.72. The number of hydrogen-bond donors (Lipinski definition) is 3. The number of halogens is 1. The van der Waals surface area contributed by atoms with Crippen molar-refractivity contribution in [1.82, 2.24) is 15.0 Å². The average Bonchev–Trinajstić information content (AvgIpc) is 3.78. The molecule has 12 heteroatoms. The van der Waals surface area contributed by atoms with E-state index in [9.17, 15) is 18.8 Å². The average molecular weight is 543 g/mol. The van der Waals surface area contributed by atoms with Gasteiger partial charge in [0.25, 0.3) is 0 Å². The fraction of sp³-hybridized carbons (Fsp3) is 0.143. The van der Waals surface area contributed by atoms with Crippen LogP contribution in [-0.2, 0) is 14.3 Å².